The number of nitrogens with one attached hydrogen (secondary N) is 1. The van der Waals surface area contributed by atoms with E-state index in [2.05, 4.69) is 14.9 Å². The van der Waals surface area contributed by atoms with Crippen LogP contribution in [0.2, 0.25) is 0 Å². The number of nitro groups is 1. The number of hydrogen-bond donors (Lipinski definition) is 1. The van der Waals surface area contributed by atoms with Crippen molar-refractivity contribution in [3.8, 4) is 5.75 Å². The molecule has 12 heteroatoms. The van der Waals surface area contributed by atoms with E-state index in [1.165, 1.54) is 31.3 Å². The summed E-state index contributed by atoms with van der Waals surface area (Å²) < 4.78 is 34.7. The fourth-order valence-electron chi connectivity index (χ4n) is 2.30. The molecule has 0 saturated carbocycles. The molecule has 146 valence electrons. The summed E-state index contributed by atoms with van der Waals surface area (Å²) in [7, 11) is -1.13. The van der Waals surface area contributed by atoms with Crippen LogP contribution in [-0.2, 0) is 17.1 Å². The maximum Gasteiger partial charge on any atom is 0.293 e. The van der Waals surface area contributed by atoms with Crippen molar-refractivity contribution >= 4 is 33.2 Å². The molecule has 1 N–H and O–H groups in total. The van der Waals surface area contributed by atoms with E-state index in [9.17, 15) is 18.5 Å². The molecule has 0 aliphatic carbocycles. The third-order valence-electron chi connectivity index (χ3n) is 3.65. The molecule has 3 aromatic rings. The molecule has 0 fully saturated rings. The maximum atomic E-state index is 12.8. The first-order valence-electron chi connectivity index (χ1n) is 7.78. The van der Waals surface area contributed by atoms with Crippen molar-refractivity contribution in [1.82, 2.24) is 14.8 Å². The summed E-state index contributed by atoms with van der Waals surface area (Å²) in [5.41, 5.74) is -0.314. The molecule has 0 amide bonds. The molecule has 0 spiro atoms. The van der Waals surface area contributed by atoms with E-state index < -0.39 is 25.5 Å². The van der Waals surface area contributed by atoms with Gasteiger partial charge in [-0.1, -0.05) is 12.1 Å². The first-order chi connectivity index (χ1) is 13.3. The Hall–Kier alpha value is -3.12. The van der Waals surface area contributed by atoms with E-state index in [4.69, 9.17) is 4.74 Å². The molecule has 3 rings (SSSR count). The second-order valence-electron chi connectivity index (χ2n) is 5.52. The van der Waals surface area contributed by atoms with Gasteiger partial charge < -0.3 is 9.30 Å². The maximum absolute atomic E-state index is 12.8. The molecule has 10 nitrogen and oxygen atoms in total. The second kappa shape index (κ2) is 7.86. The van der Waals surface area contributed by atoms with Crippen LogP contribution < -0.4 is 9.46 Å². The van der Waals surface area contributed by atoms with Gasteiger partial charge in [-0.3, -0.25) is 14.8 Å². The van der Waals surface area contributed by atoms with Gasteiger partial charge in [-0.15, -0.1) is 10.2 Å². The molecule has 1 aromatic heterocycles. The first kappa shape index (κ1) is 19.6. The Morgan fingerprint density at radius 1 is 1.25 bits per heavy atom. The molecule has 0 bridgehead atoms. The van der Waals surface area contributed by atoms with E-state index in [-0.39, 0.29) is 11.4 Å². The van der Waals surface area contributed by atoms with Crippen LogP contribution in [0.15, 0.2) is 63.7 Å². The smallest absolute Gasteiger partial charge is 0.293 e. The van der Waals surface area contributed by atoms with E-state index >= 15 is 0 Å². The van der Waals surface area contributed by atoms with Gasteiger partial charge in [-0.25, -0.2) is 8.42 Å². The van der Waals surface area contributed by atoms with Crippen molar-refractivity contribution in [3.63, 3.8) is 0 Å². The number of ether oxygens (including phenoxy) is 1. The normalized spacial score (nSPS) is 11.2. The highest BCUT2D eigenvalue weighted by Crippen LogP contribution is 2.35. The van der Waals surface area contributed by atoms with E-state index in [0.717, 1.165) is 12.1 Å². The van der Waals surface area contributed by atoms with Crippen LogP contribution in [0.4, 0.5) is 11.4 Å². The Labute approximate surface area is 164 Å². The third-order valence-corrected chi connectivity index (χ3v) is 6.20. The molecule has 0 radical (unpaired) electrons. The number of rotatable bonds is 7. The number of anilines is 1. The minimum absolute atomic E-state index is 0.184. The Morgan fingerprint density at radius 3 is 2.64 bits per heavy atom. The number of aromatic nitrogens is 3. The lowest BCUT2D eigenvalue weighted by Crippen LogP contribution is -2.15. The van der Waals surface area contributed by atoms with E-state index in [1.807, 2.05) is 0 Å². The van der Waals surface area contributed by atoms with Gasteiger partial charge in [0.2, 0.25) is 0 Å². The quantitative estimate of drug-likeness (QED) is 0.455. The number of benzene rings is 2. The molecule has 28 heavy (non-hydrogen) atoms. The standard InChI is InChI=1S/C16H15N5O5S2/c1-20-10-17-18-16(20)27-14-6-4-3-5-12(14)19-28(24,25)15-8-7-11(26-2)9-13(15)21(22)23/h3-10,19H,1-2H3. The fraction of sp³-hybridized carbons (Fsp3) is 0.125. The van der Waals surface area contributed by atoms with Crippen molar-refractivity contribution < 1.29 is 18.1 Å². The van der Waals surface area contributed by atoms with Gasteiger partial charge in [-0.2, -0.15) is 0 Å². The fourth-order valence-corrected chi connectivity index (χ4v) is 4.45. The summed E-state index contributed by atoms with van der Waals surface area (Å²) in [6.07, 6.45) is 1.52. The lowest BCUT2D eigenvalue weighted by molar-refractivity contribution is -0.387. The predicted molar refractivity (Wildman–Crippen MR) is 102 cm³/mol. The number of aryl methyl sites for hydroxylation is 1. The number of methoxy groups -OCH3 is 1. The minimum Gasteiger partial charge on any atom is -0.497 e. The molecule has 0 saturated heterocycles. The SMILES string of the molecule is COc1ccc(S(=O)(=O)Nc2ccccc2Sc2nncn2C)c([N+](=O)[O-])c1. The Bertz CT molecular complexity index is 1130. The Morgan fingerprint density at radius 2 is 2.00 bits per heavy atom. The monoisotopic (exact) mass is 421 g/mol. The minimum atomic E-state index is -4.23. The summed E-state index contributed by atoms with van der Waals surface area (Å²) in [6, 6.07) is 10.2. The third kappa shape index (κ3) is 4.07. The van der Waals surface area contributed by atoms with Gasteiger partial charge in [0.05, 0.1) is 23.8 Å². The largest absolute Gasteiger partial charge is 0.497 e. The second-order valence-corrected chi connectivity index (χ2v) is 8.18. The van der Waals surface area contributed by atoms with Crippen LogP contribution in [0.3, 0.4) is 0 Å². The average molecular weight is 421 g/mol. The molecule has 0 unspecified atom stereocenters. The number of hydrogen-bond acceptors (Lipinski definition) is 8. The van der Waals surface area contributed by atoms with E-state index in [1.54, 1.807) is 35.9 Å². The summed E-state index contributed by atoms with van der Waals surface area (Å²) in [6.45, 7) is 0. The van der Waals surface area contributed by atoms with Crippen LogP contribution in [0.1, 0.15) is 0 Å². The van der Waals surface area contributed by atoms with Crippen LogP contribution in [0, 0.1) is 10.1 Å². The van der Waals surface area contributed by atoms with Gasteiger partial charge in [-0.05, 0) is 36.0 Å². The molecule has 0 atom stereocenters. The van der Waals surface area contributed by atoms with Gasteiger partial charge in [0.1, 0.15) is 12.1 Å². The Balaban J connectivity index is 1.98. The number of para-hydroxylation sites is 1. The lowest BCUT2D eigenvalue weighted by atomic mass is 10.3. The molecule has 2 aromatic carbocycles. The van der Waals surface area contributed by atoms with Crippen LogP contribution in [0.25, 0.3) is 0 Å². The van der Waals surface area contributed by atoms with Crippen molar-refractivity contribution in [2.75, 3.05) is 11.8 Å². The molecule has 0 aliphatic rings. The Kier molecular flexibility index (Phi) is 5.51. The zero-order valence-corrected chi connectivity index (χ0v) is 16.4. The summed E-state index contributed by atoms with van der Waals surface area (Å²) in [4.78, 5) is 10.7. The van der Waals surface area contributed by atoms with Gasteiger partial charge >= 0.3 is 0 Å². The van der Waals surface area contributed by atoms with Crippen molar-refractivity contribution in [1.29, 1.82) is 0 Å². The topological polar surface area (TPSA) is 129 Å². The predicted octanol–water partition coefficient (Wildman–Crippen LogP) is 2.68. The zero-order valence-electron chi connectivity index (χ0n) is 14.8. The summed E-state index contributed by atoms with van der Waals surface area (Å²) in [5, 5.41) is 19.6. The highest BCUT2D eigenvalue weighted by molar-refractivity contribution is 7.99. The number of sulfonamides is 1. The van der Waals surface area contributed by atoms with E-state index in [0.29, 0.717) is 10.1 Å². The van der Waals surface area contributed by atoms with Crippen molar-refractivity contribution in [2.45, 2.75) is 14.9 Å². The molecule has 1 heterocycles. The van der Waals surface area contributed by atoms with Crippen LogP contribution in [-0.4, -0.2) is 35.2 Å². The van der Waals surface area contributed by atoms with Gasteiger partial charge in [0, 0.05) is 11.9 Å². The zero-order chi connectivity index (χ0) is 20.3. The van der Waals surface area contributed by atoms with Gasteiger partial charge in [0.25, 0.3) is 15.7 Å². The lowest BCUT2D eigenvalue weighted by Gasteiger charge is -2.12. The number of nitro benzene ring substituents is 1. The molecular weight excluding hydrogens is 406 g/mol. The summed E-state index contributed by atoms with van der Waals surface area (Å²) >= 11 is 1.21. The molecular formula is C16H15N5O5S2. The van der Waals surface area contributed by atoms with Crippen molar-refractivity contribution in [3.05, 3.63) is 58.9 Å². The molecule has 0 aliphatic heterocycles. The first-order valence-corrected chi connectivity index (χ1v) is 10.1. The van der Waals surface area contributed by atoms with Crippen molar-refractivity contribution in [2.24, 2.45) is 7.05 Å². The number of nitrogens with zero attached hydrogens (tertiary/aromatic N) is 4. The average Bonchev–Trinajstić information content (AvgIpc) is 3.07. The van der Waals surface area contributed by atoms with Gasteiger partial charge in [0.15, 0.2) is 10.1 Å². The highest BCUT2D eigenvalue weighted by Gasteiger charge is 2.27. The highest BCUT2D eigenvalue weighted by atomic mass is 32.2. The van der Waals surface area contributed by atoms with Crippen LogP contribution in [0.5, 0.6) is 5.75 Å². The van der Waals surface area contributed by atoms with Crippen LogP contribution >= 0.6 is 11.8 Å². The summed E-state index contributed by atoms with van der Waals surface area (Å²) in [5.74, 6) is 0.184.